The molecule has 35 heavy (non-hydrogen) atoms. The number of pyridine rings is 1. The lowest BCUT2D eigenvalue weighted by atomic mass is 9.94. The molecule has 186 valence electrons. The Bertz CT molecular complexity index is 1260. The molecule has 1 amide bonds. The number of amides is 1. The van der Waals surface area contributed by atoms with Crippen LogP contribution >= 0.6 is 23.2 Å². The Morgan fingerprint density at radius 3 is 2.63 bits per heavy atom. The molecule has 1 aromatic carbocycles. The van der Waals surface area contributed by atoms with Gasteiger partial charge in [-0.05, 0) is 38.3 Å². The first-order valence-corrected chi connectivity index (χ1v) is 12.4. The van der Waals surface area contributed by atoms with Gasteiger partial charge in [-0.2, -0.15) is 0 Å². The maximum absolute atomic E-state index is 13.8. The van der Waals surface area contributed by atoms with Crippen LogP contribution in [0.4, 0.5) is 0 Å². The number of carbonyl (C=O) groups is 1. The van der Waals surface area contributed by atoms with Crippen LogP contribution in [-0.2, 0) is 20.0 Å². The fourth-order valence-corrected chi connectivity index (χ4v) is 5.02. The SMILES string of the molecule is CCCCOc1nc(C)cc(OC)c1CN1CCc2c(Cl)cc(-c3c(C)nnn3C)c(Cl)c2C1=O. The molecule has 2 aromatic heterocycles. The summed E-state index contributed by atoms with van der Waals surface area (Å²) in [6.07, 6.45) is 2.50. The normalized spacial score (nSPS) is 13.2. The molecule has 0 spiro atoms. The monoisotopic (exact) mass is 517 g/mol. The van der Waals surface area contributed by atoms with Gasteiger partial charge in [-0.25, -0.2) is 9.67 Å². The minimum absolute atomic E-state index is 0.199. The van der Waals surface area contributed by atoms with Gasteiger partial charge in [0.15, 0.2) is 0 Å². The van der Waals surface area contributed by atoms with E-state index in [4.69, 9.17) is 32.7 Å². The summed E-state index contributed by atoms with van der Waals surface area (Å²) < 4.78 is 13.3. The van der Waals surface area contributed by atoms with Crippen LogP contribution in [0.25, 0.3) is 11.3 Å². The summed E-state index contributed by atoms with van der Waals surface area (Å²) in [6, 6.07) is 3.65. The van der Waals surface area contributed by atoms with E-state index >= 15 is 0 Å². The molecular weight excluding hydrogens is 489 g/mol. The molecule has 0 saturated carbocycles. The van der Waals surface area contributed by atoms with Gasteiger partial charge in [-0.1, -0.05) is 41.8 Å². The van der Waals surface area contributed by atoms with Gasteiger partial charge < -0.3 is 14.4 Å². The summed E-state index contributed by atoms with van der Waals surface area (Å²) in [5.41, 5.74) is 4.74. The number of aryl methyl sites for hydroxylation is 3. The second-order valence-electron chi connectivity index (χ2n) is 8.65. The van der Waals surface area contributed by atoms with E-state index in [-0.39, 0.29) is 12.5 Å². The highest BCUT2D eigenvalue weighted by atomic mass is 35.5. The van der Waals surface area contributed by atoms with E-state index in [1.54, 1.807) is 29.8 Å². The number of fused-ring (bicyclic) bond motifs is 1. The van der Waals surface area contributed by atoms with E-state index in [1.165, 1.54) is 0 Å². The zero-order valence-corrected chi connectivity index (χ0v) is 22.1. The van der Waals surface area contributed by atoms with E-state index in [2.05, 4.69) is 22.2 Å². The second-order valence-corrected chi connectivity index (χ2v) is 9.43. The quantitative estimate of drug-likeness (QED) is 0.382. The average Bonchev–Trinajstić information content (AvgIpc) is 3.16. The molecule has 3 aromatic rings. The van der Waals surface area contributed by atoms with E-state index < -0.39 is 0 Å². The largest absolute Gasteiger partial charge is 0.496 e. The number of halogens is 2. The minimum Gasteiger partial charge on any atom is -0.496 e. The van der Waals surface area contributed by atoms with Gasteiger partial charge in [0, 0.05) is 35.9 Å². The van der Waals surface area contributed by atoms with Crippen molar-refractivity contribution in [2.45, 2.75) is 46.6 Å². The van der Waals surface area contributed by atoms with E-state index in [9.17, 15) is 4.79 Å². The van der Waals surface area contributed by atoms with Gasteiger partial charge in [0.1, 0.15) is 5.75 Å². The number of benzene rings is 1. The molecule has 4 rings (SSSR count). The predicted molar refractivity (Wildman–Crippen MR) is 136 cm³/mol. The van der Waals surface area contributed by atoms with Gasteiger partial charge in [0.05, 0.1) is 47.8 Å². The van der Waals surface area contributed by atoms with Crippen LogP contribution in [0.2, 0.25) is 10.0 Å². The van der Waals surface area contributed by atoms with Crippen molar-refractivity contribution in [1.29, 1.82) is 0 Å². The van der Waals surface area contributed by atoms with Crippen molar-refractivity contribution in [3.63, 3.8) is 0 Å². The van der Waals surface area contributed by atoms with Crippen molar-refractivity contribution < 1.29 is 14.3 Å². The molecule has 0 aliphatic carbocycles. The Labute approximate surface area is 215 Å². The van der Waals surface area contributed by atoms with Gasteiger partial charge in [-0.3, -0.25) is 4.79 Å². The molecule has 10 heteroatoms. The summed E-state index contributed by atoms with van der Waals surface area (Å²) >= 11 is 13.5. The maximum atomic E-state index is 13.8. The molecule has 0 unspecified atom stereocenters. The lowest BCUT2D eigenvalue weighted by molar-refractivity contribution is 0.0724. The van der Waals surface area contributed by atoms with Crippen LogP contribution in [0.15, 0.2) is 12.1 Å². The molecule has 0 fully saturated rings. The zero-order valence-electron chi connectivity index (χ0n) is 20.6. The zero-order chi connectivity index (χ0) is 25.3. The molecule has 0 radical (unpaired) electrons. The third-order valence-corrected chi connectivity index (χ3v) is 6.91. The number of ether oxygens (including phenoxy) is 2. The van der Waals surface area contributed by atoms with Gasteiger partial charge in [0.25, 0.3) is 5.91 Å². The van der Waals surface area contributed by atoms with Crippen LogP contribution in [0.3, 0.4) is 0 Å². The molecule has 0 N–H and O–H groups in total. The molecule has 8 nitrogen and oxygen atoms in total. The number of hydrogen-bond acceptors (Lipinski definition) is 6. The first-order valence-electron chi connectivity index (χ1n) is 11.6. The highest BCUT2D eigenvalue weighted by Gasteiger charge is 2.32. The van der Waals surface area contributed by atoms with Crippen LogP contribution < -0.4 is 9.47 Å². The number of aromatic nitrogens is 4. The van der Waals surface area contributed by atoms with Crippen LogP contribution in [-0.4, -0.2) is 51.0 Å². The summed E-state index contributed by atoms with van der Waals surface area (Å²) in [6.45, 7) is 7.14. The van der Waals surface area contributed by atoms with Crippen molar-refractivity contribution in [3.8, 4) is 22.9 Å². The number of carbonyl (C=O) groups excluding carboxylic acids is 1. The Morgan fingerprint density at radius 1 is 1.20 bits per heavy atom. The molecule has 0 saturated heterocycles. The van der Waals surface area contributed by atoms with E-state index in [1.807, 2.05) is 19.9 Å². The smallest absolute Gasteiger partial charge is 0.256 e. The van der Waals surface area contributed by atoms with Crippen molar-refractivity contribution >= 4 is 29.1 Å². The molecular formula is C25H29Cl2N5O3. The molecule has 3 heterocycles. The van der Waals surface area contributed by atoms with E-state index in [0.717, 1.165) is 35.4 Å². The van der Waals surface area contributed by atoms with Gasteiger partial charge >= 0.3 is 0 Å². The Hall–Kier alpha value is -2.84. The Balaban J connectivity index is 1.73. The summed E-state index contributed by atoms with van der Waals surface area (Å²) in [4.78, 5) is 20.1. The van der Waals surface area contributed by atoms with Crippen molar-refractivity contribution in [2.24, 2.45) is 7.05 Å². The average molecular weight is 518 g/mol. The molecule has 0 bridgehead atoms. The Kier molecular flexibility index (Phi) is 7.52. The number of methoxy groups -OCH3 is 1. The highest BCUT2D eigenvalue weighted by Crippen LogP contribution is 2.41. The minimum atomic E-state index is -0.199. The lowest BCUT2D eigenvalue weighted by Crippen LogP contribution is -2.38. The fraction of sp³-hybridized carbons (Fsp3) is 0.440. The first kappa shape index (κ1) is 25.3. The predicted octanol–water partition coefficient (Wildman–Crippen LogP) is 5.19. The summed E-state index contributed by atoms with van der Waals surface area (Å²) in [5.74, 6) is 0.926. The van der Waals surface area contributed by atoms with Crippen molar-refractivity contribution in [3.05, 3.63) is 50.3 Å². The summed E-state index contributed by atoms with van der Waals surface area (Å²) in [5, 5.41) is 9.03. The second kappa shape index (κ2) is 10.4. The number of nitrogens with zero attached hydrogens (tertiary/aromatic N) is 5. The van der Waals surface area contributed by atoms with E-state index in [0.29, 0.717) is 58.1 Å². The lowest BCUT2D eigenvalue weighted by Gasteiger charge is -2.31. The number of unbranched alkanes of at least 4 members (excludes halogenated alkanes) is 1. The van der Waals surface area contributed by atoms with Crippen LogP contribution in [0.5, 0.6) is 11.6 Å². The maximum Gasteiger partial charge on any atom is 0.256 e. The molecule has 1 aliphatic heterocycles. The topological polar surface area (TPSA) is 82.4 Å². The van der Waals surface area contributed by atoms with Crippen LogP contribution in [0.1, 0.15) is 52.6 Å². The third-order valence-electron chi connectivity index (χ3n) is 6.18. The third kappa shape index (κ3) is 4.82. The first-order chi connectivity index (χ1) is 16.8. The van der Waals surface area contributed by atoms with Gasteiger partial charge in [0.2, 0.25) is 5.88 Å². The summed E-state index contributed by atoms with van der Waals surface area (Å²) in [7, 11) is 3.39. The van der Waals surface area contributed by atoms with Crippen molar-refractivity contribution in [2.75, 3.05) is 20.3 Å². The molecule has 0 atom stereocenters. The standard InChI is InChI=1S/C25H29Cl2N5O3/c1-6-7-10-35-24-18(20(34-5)11-14(2)28-24)13-32-9-8-16-19(26)12-17(22(27)21(16)25(32)33)23-15(3)29-30-31(23)4/h11-12H,6-10,13H2,1-5H3. The van der Waals surface area contributed by atoms with Crippen molar-refractivity contribution in [1.82, 2.24) is 24.9 Å². The molecule has 1 aliphatic rings. The number of rotatable bonds is 8. The highest BCUT2D eigenvalue weighted by molar-refractivity contribution is 6.39. The fourth-order valence-electron chi connectivity index (χ4n) is 4.38. The van der Waals surface area contributed by atoms with Crippen LogP contribution in [0, 0.1) is 13.8 Å². The Morgan fingerprint density at radius 2 is 1.97 bits per heavy atom. The van der Waals surface area contributed by atoms with Gasteiger partial charge in [-0.15, -0.1) is 5.10 Å². The number of hydrogen-bond donors (Lipinski definition) is 0.